The summed E-state index contributed by atoms with van der Waals surface area (Å²) in [4.78, 5) is 23.9. The summed E-state index contributed by atoms with van der Waals surface area (Å²) in [6.45, 7) is 0.290. The Morgan fingerprint density at radius 3 is 2.06 bits per heavy atom. The fraction of sp³-hybridized carbons (Fsp3) is 0.417. The first-order valence-corrected chi connectivity index (χ1v) is 10.4. The number of hydrogen-bond donors (Lipinski definition) is 1. The molecule has 31 heavy (non-hydrogen) atoms. The molecule has 0 saturated heterocycles. The van der Waals surface area contributed by atoms with Crippen LogP contribution in [0.25, 0.3) is 0 Å². The monoisotopic (exact) mass is 429 g/mol. The number of carbonyl (C=O) groups is 2. The van der Waals surface area contributed by atoms with Gasteiger partial charge in [-0.15, -0.1) is 0 Å². The lowest BCUT2D eigenvalue weighted by Crippen LogP contribution is -2.29. The van der Waals surface area contributed by atoms with E-state index in [4.69, 9.17) is 14.6 Å². The van der Waals surface area contributed by atoms with Crippen LogP contribution in [0, 0.1) is 5.92 Å². The van der Waals surface area contributed by atoms with Gasteiger partial charge in [-0.05, 0) is 55.2 Å². The third-order valence-corrected chi connectivity index (χ3v) is 4.96. The molecule has 1 aliphatic carbocycles. The van der Waals surface area contributed by atoms with Crippen molar-refractivity contribution < 1.29 is 28.9 Å². The zero-order valence-electron chi connectivity index (χ0n) is 18.2. The van der Waals surface area contributed by atoms with Gasteiger partial charge in [-0.25, -0.2) is 14.5 Å². The number of carbonyl (C=O) groups excluding carboxylic acids is 1. The van der Waals surface area contributed by atoms with E-state index in [-0.39, 0.29) is 12.7 Å². The van der Waals surface area contributed by atoms with Crippen LogP contribution in [-0.2, 0) is 14.3 Å². The second-order valence-corrected chi connectivity index (χ2v) is 7.28. The van der Waals surface area contributed by atoms with Crippen LogP contribution in [0.2, 0.25) is 0 Å². The number of para-hydroxylation sites is 1. The van der Waals surface area contributed by atoms with Gasteiger partial charge in [0.15, 0.2) is 0 Å². The molecule has 0 spiro atoms. The predicted octanol–water partition coefficient (Wildman–Crippen LogP) is 5.27. The Hall–Kier alpha value is -3.06. The first-order valence-electron chi connectivity index (χ1n) is 10.4. The number of benzene rings is 2. The van der Waals surface area contributed by atoms with Crippen LogP contribution < -0.4 is 9.64 Å². The maximum Gasteiger partial charge on any atom is 0.418 e. The fourth-order valence-electron chi connectivity index (χ4n) is 3.40. The minimum atomic E-state index is -0.933. The highest BCUT2D eigenvalue weighted by molar-refractivity contribution is 5.96. The Labute approximate surface area is 183 Å². The topological polar surface area (TPSA) is 85.3 Å². The average molecular weight is 430 g/mol. The summed E-state index contributed by atoms with van der Waals surface area (Å²) >= 11 is 0. The zero-order chi connectivity index (χ0) is 22.5. The Morgan fingerprint density at radius 1 is 0.935 bits per heavy atom. The van der Waals surface area contributed by atoms with E-state index in [0.29, 0.717) is 12.5 Å². The Bertz CT molecular complexity index is 787. The van der Waals surface area contributed by atoms with Gasteiger partial charge in [0.05, 0.1) is 25.1 Å². The molecule has 2 aromatic rings. The molecule has 1 amide bonds. The highest BCUT2D eigenvalue weighted by Gasteiger charge is 2.22. The van der Waals surface area contributed by atoms with Gasteiger partial charge in [0, 0.05) is 7.11 Å². The van der Waals surface area contributed by atoms with Crippen molar-refractivity contribution in [2.75, 3.05) is 32.3 Å². The molecular weight excluding hydrogens is 398 g/mol. The second kappa shape index (κ2) is 13.3. The minimum Gasteiger partial charge on any atom is -0.497 e. The maximum absolute atomic E-state index is 12.8. The van der Waals surface area contributed by atoms with E-state index in [9.17, 15) is 9.59 Å². The van der Waals surface area contributed by atoms with Crippen molar-refractivity contribution in [2.45, 2.75) is 32.1 Å². The second-order valence-electron chi connectivity index (χ2n) is 7.28. The molecule has 7 heteroatoms. The number of ether oxygens (including phenoxy) is 3. The Morgan fingerprint density at radius 2 is 1.55 bits per heavy atom. The average Bonchev–Trinajstić information content (AvgIpc) is 2.80. The van der Waals surface area contributed by atoms with E-state index in [1.165, 1.54) is 26.4 Å². The number of amides is 1. The number of carboxylic acids is 1. The molecule has 1 saturated carbocycles. The standard InChI is InChI=1S/C21H25NO3.C3H6O3/c1-24-20-14-12-19(13-15-20)22(18-10-6-3-7-11-18)21(23)25-16-17-8-4-2-5-9-17;1-6-2-3(4)5/h3,6-7,10-15,17H,2,4-5,8-9,16H2,1H3;2H2,1H3,(H,4,5). The first-order chi connectivity index (χ1) is 15.0. The zero-order valence-corrected chi connectivity index (χ0v) is 18.2. The van der Waals surface area contributed by atoms with E-state index >= 15 is 0 Å². The number of anilines is 2. The molecule has 3 rings (SSSR count). The number of nitrogens with zero attached hydrogens (tertiary/aromatic N) is 1. The van der Waals surface area contributed by atoms with Crippen LogP contribution >= 0.6 is 0 Å². The van der Waals surface area contributed by atoms with Gasteiger partial charge in [-0.2, -0.15) is 0 Å². The minimum absolute atomic E-state index is 0.208. The lowest BCUT2D eigenvalue weighted by Gasteiger charge is -2.25. The van der Waals surface area contributed by atoms with Gasteiger partial charge in [-0.1, -0.05) is 37.5 Å². The fourth-order valence-corrected chi connectivity index (χ4v) is 3.40. The first kappa shape index (κ1) is 24.2. The van der Waals surface area contributed by atoms with Crippen molar-refractivity contribution in [1.82, 2.24) is 0 Å². The largest absolute Gasteiger partial charge is 0.497 e. The number of rotatable bonds is 7. The predicted molar refractivity (Wildman–Crippen MR) is 119 cm³/mol. The van der Waals surface area contributed by atoms with Gasteiger partial charge in [0.2, 0.25) is 0 Å². The molecule has 0 unspecified atom stereocenters. The lowest BCUT2D eigenvalue weighted by atomic mass is 9.90. The number of aliphatic carboxylic acids is 1. The van der Waals surface area contributed by atoms with Crippen LogP contribution in [0.1, 0.15) is 32.1 Å². The third kappa shape index (κ3) is 8.30. The van der Waals surface area contributed by atoms with Gasteiger partial charge in [0.25, 0.3) is 0 Å². The highest BCUT2D eigenvalue weighted by Crippen LogP contribution is 2.29. The SMILES string of the molecule is COCC(=O)O.COc1ccc(N(C(=O)OCC2CCCCC2)c2ccccc2)cc1. The van der Waals surface area contributed by atoms with Gasteiger partial charge in [-0.3, -0.25) is 0 Å². The van der Waals surface area contributed by atoms with Crippen LogP contribution in [0.5, 0.6) is 5.75 Å². The Kier molecular flexibility index (Phi) is 10.4. The Balaban J connectivity index is 0.000000501. The van der Waals surface area contributed by atoms with Crippen molar-refractivity contribution >= 4 is 23.4 Å². The number of carboxylic acid groups (broad SMARTS) is 1. The molecular formula is C24H31NO6. The normalized spacial score (nSPS) is 13.5. The molecule has 1 fully saturated rings. The van der Waals surface area contributed by atoms with Crippen LogP contribution in [0.15, 0.2) is 54.6 Å². The highest BCUT2D eigenvalue weighted by atomic mass is 16.6. The van der Waals surface area contributed by atoms with Gasteiger partial charge < -0.3 is 19.3 Å². The quantitative estimate of drug-likeness (QED) is 0.646. The molecule has 2 aromatic carbocycles. The number of methoxy groups -OCH3 is 2. The summed E-state index contributed by atoms with van der Waals surface area (Å²) in [6, 6.07) is 17.0. The summed E-state index contributed by atoms with van der Waals surface area (Å²) < 4.78 is 15.1. The van der Waals surface area contributed by atoms with Crippen molar-refractivity contribution in [3.63, 3.8) is 0 Å². The van der Waals surface area contributed by atoms with Gasteiger partial charge in [0.1, 0.15) is 12.4 Å². The van der Waals surface area contributed by atoms with Crippen molar-refractivity contribution in [3.05, 3.63) is 54.6 Å². The van der Waals surface area contributed by atoms with Gasteiger partial charge >= 0.3 is 12.1 Å². The molecule has 0 radical (unpaired) electrons. The molecule has 0 bridgehead atoms. The molecule has 0 aromatic heterocycles. The molecule has 0 atom stereocenters. The van der Waals surface area contributed by atoms with Crippen LogP contribution in [0.4, 0.5) is 16.2 Å². The molecule has 0 heterocycles. The van der Waals surface area contributed by atoms with E-state index in [0.717, 1.165) is 30.0 Å². The van der Waals surface area contributed by atoms with Crippen molar-refractivity contribution in [3.8, 4) is 5.75 Å². The van der Waals surface area contributed by atoms with Crippen molar-refractivity contribution in [1.29, 1.82) is 0 Å². The van der Waals surface area contributed by atoms with E-state index in [1.807, 2.05) is 54.6 Å². The summed E-state index contributed by atoms with van der Waals surface area (Å²) in [5.74, 6) is 0.316. The maximum atomic E-state index is 12.8. The smallest absolute Gasteiger partial charge is 0.418 e. The van der Waals surface area contributed by atoms with E-state index < -0.39 is 5.97 Å². The van der Waals surface area contributed by atoms with Crippen LogP contribution in [0.3, 0.4) is 0 Å². The molecule has 0 aliphatic heterocycles. The van der Waals surface area contributed by atoms with Crippen molar-refractivity contribution in [2.24, 2.45) is 5.92 Å². The number of hydrogen-bond acceptors (Lipinski definition) is 5. The molecule has 7 nitrogen and oxygen atoms in total. The molecule has 168 valence electrons. The van der Waals surface area contributed by atoms with Crippen LogP contribution in [-0.4, -0.2) is 44.6 Å². The van der Waals surface area contributed by atoms with E-state index in [2.05, 4.69) is 4.74 Å². The van der Waals surface area contributed by atoms with E-state index in [1.54, 1.807) is 12.0 Å². The third-order valence-electron chi connectivity index (χ3n) is 4.96. The molecule has 1 aliphatic rings. The summed E-state index contributed by atoms with van der Waals surface area (Å²) in [5.41, 5.74) is 1.56. The summed E-state index contributed by atoms with van der Waals surface area (Å²) in [7, 11) is 2.97. The summed E-state index contributed by atoms with van der Waals surface area (Å²) in [6.07, 6.45) is 5.75. The molecule has 1 N–H and O–H groups in total. The summed E-state index contributed by atoms with van der Waals surface area (Å²) in [5, 5.41) is 7.79. The lowest BCUT2D eigenvalue weighted by molar-refractivity contribution is -0.141.